The first-order valence-electron chi connectivity index (χ1n) is 13.6. The number of rotatable bonds is 4. The minimum absolute atomic E-state index is 0.0307. The van der Waals surface area contributed by atoms with Crippen molar-refractivity contribution in [2.24, 2.45) is 0 Å². The van der Waals surface area contributed by atoms with E-state index in [1.165, 1.54) is 82.4 Å². The van der Waals surface area contributed by atoms with Crippen LogP contribution in [0.5, 0.6) is 0 Å². The monoisotopic (exact) mass is 471 g/mol. The molecule has 0 bridgehead atoms. The van der Waals surface area contributed by atoms with Gasteiger partial charge in [-0.25, -0.2) is 0 Å². The molecule has 4 aromatic carbocycles. The summed E-state index contributed by atoms with van der Waals surface area (Å²) in [6, 6.07) is 34.2. The molecule has 0 heterocycles. The summed E-state index contributed by atoms with van der Waals surface area (Å²) >= 11 is 0. The SMILES string of the molecule is CN(c1ccc(-c2ccc3c(c2)C(C)(C)c2ccccc2-3)cc1)c1ccc(C2(C)CCCCC2)cc1. The van der Waals surface area contributed by atoms with Gasteiger partial charge in [0.15, 0.2) is 0 Å². The van der Waals surface area contributed by atoms with Crippen LogP contribution in [0.4, 0.5) is 11.4 Å². The Bertz CT molecular complexity index is 1390. The molecule has 0 saturated heterocycles. The molecular weight excluding hydrogens is 434 g/mol. The maximum absolute atomic E-state index is 2.45. The quantitative estimate of drug-likeness (QED) is 0.286. The number of fused-ring (bicyclic) bond motifs is 3. The lowest BCUT2D eigenvalue weighted by Crippen LogP contribution is -2.25. The predicted octanol–water partition coefficient (Wildman–Crippen LogP) is 9.65. The molecule has 4 aromatic rings. The number of hydrogen-bond acceptors (Lipinski definition) is 1. The molecule has 0 N–H and O–H groups in total. The Hall–Kier alpha value is -3.32. The average Bonchev–Trinajstić information content (AvgIpc) is 3.15. The van der Waals surface area contributed by atoms with Crippen LogP contribution in [0.15, 0.2) is 91.0 Å². The molecule has 0 radical (unpaired) electrons. The van der Waals surface area contributed by atoms with Crippen LogP contribution in [0, 0.1) is 0 Å². The molecule has 36 heavy (non-hydrogen) atoms. The maximum Gasteiger partial charge on any atom is 0.0408 e. The van der Waals surface area contributed by atoms with Crippen molar-refractivity contribution in [3.63, 3.8) is 0 Å². The second-order valence-electron chi connectivity index (χ2n) is 11.7. The van der Waals surface area contributed by atoms with Gasteiger partial charge in [-0.15, -0.1) is 0 Å². The molecule has 1 heteroatoms. The van der Waals surface area contributed by atoms with Gasteiger partial charge in [-0.2, -0.15) is 0 Å². The van der Waals surface area contributed by atoms with Crippen LogP contribution < -0.4 is 4.90 Å². The zero-order valence-corrected chi connectivity index (χ0v) is 22.1. The zero-order valence-electron chi connectivity index (χ0n) is 22.1. The molecular formula is C35H37N. The molecule has 0 aliphatic heterocycles. The molecule has 182 valence electrons. The molecule has 0 unspecified atom stereocenters. The molecule has 1 saturated carbocycles. The van der Waals surface area contributed by atoms with Gasteiger partial charge < -0.3 is 4.90 Å². The van der Waals surface area contributed by atoms with Gasteiger partial charge in [-0.05, 0) is 87.5 Å². The van der Waals surface area contributed by atoms with Gasteiger partial charge >= 0.3 is 0 Å². The Morgan fingerprint density at radius 2 is 1.17 bits per heavy atom. The number of anilines is 2. The van der Waals surface area contributed by atoms with E-state index in [-0.39, 0.29) is 5.41 Å². The molecule has 0 spiro atoms. The molecule has 2 aliphatic carbocycles. The summed E-state index contributed by atoms with van der Waals surface area (Å²) in [6.45, 7) is 7.14. The number of hydrogen-bond donors (Lipinski definition) is 0. The Morgan fingerprint density at radius 3 is 1.86 bits per heavy atom. The van der Waals surface area contributed by atoms with Gasteiger partial charge in [-0.3, -0.25) is 0 Å². The molecule has 0 aromatic heterocycles. The first-order chi connectivity index (χ1) is 17.4. The van der Waals surface area contributed by atoms with E-state index >= 15 is 0 Å². The highest BCUT2D eigenvalue weighted by molar-refractivity contribution is 5.83. The Labute approximate surface area is 216 Å². The van der Waals surface area contributed by atoms with Crippen molar-refractivity contribution in [1.82, 2.24) is 0 Å². The molecule has 1 fully saturated rings. The van der Waals surface area contributed by atoms with Crippen molar-refractivity contribution in [3.8, 4) is 22.3 Å². The van der Waals surface area contributed by atoms with Crippen molar-refractivity contribution in [2.45, 2.75) is 63.7 Å². The highest BCUT2D eigenvalue weighted by Gasteiger charge is 2.35. The first-order valence-corrected chi connectivity index (χ1v) is 13.6. The van der Waals surface area contributed by atoms with E-state index in [1.807, 2.05) is 0 Å². The van der Waals surface area contributed by atoms with Crippen LogP contribution in [0.2, 0.25) is 0 Å². The summed E-state index contributed by atoms with van der Waals surface area (Å²) < 4.78 is 0. The van der Waals surface area contributed by atoms with Gasteiger partial charge in [0, 0.05) is 23.8 Å². The lowest BCUT2D eigenvalue weighted by Gasteiger charge is -2.34. The maximum atomic E-state index is 2.45. The van der Waals surface area contributed by atoms with Crippen LogP contribution in [-0.4, -0.2) is 7.05 Å². The van der Waals surface area contributed by atoms with Gasteiger partial charge in [0.2, 0.25) is 0 Å². The van der Waals surface area contributed by atoms with Crippen molar-refractivity contribution >= 4 is 11.4 Å². The fourth-order valence-corrected chi connectivity index (χ4v) is 6.62. The van der Waals surface area contributed by atoms with E-state index in [0.29, 0.717) is 5.41 Å². The molecule has 0 amide bonds. The fourth-order valence-electron chi connectivity index (χ4n) is 6.62. The van der Waals surface area contributed by atoms with Crippen molar-refractivity contribution < 1.29 is 0 Å². The van der Waals surface area contributed by atoms with Crippen molar-refractivity contribution in [2.75, 3.05) is 11.9 Å². The smallest absolute Gasteiger partial charge is 0.0408 e. The van der Waals surface area contributed by atoms with Crippen LogP contribution in [0.25, 0.3) is 22.3 Å². The number of nitrogens with zero attached hydrogens (tertiary/aromatic N) is 1. The summed E-state index contributed by atoms with van der Waals surface area (Å²) in [4.78, 5) is 2.29. The zero-order chi connectivity index (χ0) is 24.9. The summed E-state index contributed by atoms with van der Waals surface area (Å²) in [5.74, 6) is 0. The Morgan fingerprint density at radius 1 is 0.583 bits per heavy atom. The lowest BCUT2D eigenvalue weighted by atomic mass is 9.71. The predicted molar refractivity (Wildman–Crippen MR) is 154 cm³/mol. The minimum Gasteiger partial charge on any atom is -0.345 e. The highest BCUT2D eigenvalue weighted by Crippen LogP contribution is 2.49. The van der Waals surface area contributed by atoms with E-state index in [4.69, 9.17) is 0 Å². The summed E-state index contributed by atoms with van der Waals surface area (Å²) in [7, 11) is 2.17. The minimum atomic E-state index is 0.0307. The summed E-state index contributed by atoms with van der Waals surface area (Å²) in [5.41, 5.74) is 12.5. The van der Waals surface area contributed by atoms with Crippen molar-refractivity contribution in [3.05, 3.63) is 108 Å². The van der Waals surface area contributed by atoms with Crippen LogP contribution in [0.3, 0.4) is 0 Å². The van der Waals surface area contributed by atoms with Gasteiger partial charge in [-0.1, -0.05) is 101 Å². The van der Waals surface area contributed by atoms with Gasteiger partial charge in [0.1, 0.15) is 0 Å². The summed E-state index contributed by atoms with van der Waals surface area (Å²) in [6.07, 6.45) is 6.74. The third-order valence-electron chi connectivity index (χ3n) is 9.08. The standard InChI is InChI=1S/C35H37N/c1-34(2)32-11-7-6-10-30(32)31-21-14-26(24-33(31)34)25-12-17-28(18-13-25)36(4)29-19-15-27(16-20-29)35(3)22-8-5-9-23-35/h6-7,10-21,24H,5,8-9,22-23H2,1-4H3. The largest absolute Gasteiger partial charge is 0.345 e. The third kappa shape index (κ3) is 3.77. The van der Waals surface area contributed by atoms with E-state index < -0.39 is 0 Å². The van der Waals surface area contributed by atoms with Crippen LogP contribution in [0.1, 0.15) is 69.6 Å². The Balaban J connectivity index is 1.24. The fraction of sp³-hybridized carbons (Fsp3) is 0.314. The lowest BCUT2D eigenvalue weighted by molar-refractivity contribution is 0.319. The van der Waals surface area contributed by atoms with Crippen molar-refractivity contribution in [1.29, 1.82) is 0 Å². The summed E-state index contributed by atoms with van der Waals surface area (Å²) in [5, 5.41) is 0. The van der Waals surface area contributed by atoms with Gasteiger partial charge in [0.25, 0.3) is 0 Å². The normalized spacial score (nSPS) is 17.3. The molecule has 1 nitrogen and oxygen atoms in total. The second kappa shape index (κ2) is 8.66. The molecule has 2 aliphatic rings. The molecule has 0 atom stereocenters. The third-order valence-corrected chi connectivity index (χ3v) is 9.08. The average molecular weight is 472 g/mol. The van der Waals surface area contributed by atoms with Crippen LogP contribution >= 0.6 is 0 Å². The van der Waals surface area contributed by atoms with Gasteiger partial charge in [0.05, 0.1) is 0 Å². The Kier molecular flexibility index (Phi) is 5.56. The van der Waals surface area contributed by atoms with E-state index in [9.17, 15) is 0 Å². The first kappa shape index (κ1) is 23.1. The number of benzene rings is 4. The van der Waals surface area contributed by atoms with E-state index in [2.05, 4.69) is 124 Å². The van der Waals surface area contributed by atoms with Crippen LogP contribution in [-0.2, 0) is 10.8 Å². The highest BCUT2D eigenvalue weighted by atomic mass is 15.1. The van der Waals surface area contributed by atoms with E-state index in [0.717, 1.165) is 0 Å². The second-order valence-corrected chi connectivity index (χ2v) is 11.7. The van der Waals surface area contributed by atoms with E-state index in [1.54, 1.807) is 0 Å². The topological polar surface area (TPSA) is 3.24 Å². The molecule has 6 rings (SSSR count).